The predicted molar refractivity (Wildman–Crippen MR) is 169 cm³/mol. The van der Waals surface area contributed by atoms with Crippen molar-refractivity contribution >= 4 is 40.0 Å². The molecule has 5 rings (SSSR count). The Balaban J connectivity index is 0.00000461. The molecule has 1 aliphatic rings. The molecule has 1 aliphatic heterocycles. The summed E-state index contributed by atoms with van der Waals surface area (Å²) in [4.78, 5) is 29.0. The maximum atomic E-state index is 15.1. The summed E-state index contributed by atoms with van der Waals surface area (Å²) in [6.45, 7) is 2.49. The Morgan fingerprint density at radius 2 is 1.78 bits per heavy atom. The minimum absolute atomic E-state index is 0. The lowest BCUT2D eigenvalue weighted by molar-refractivity contribution is -0.136. The van der Waals surface area contributed by atoms with E-state index in [1.807, 2.05) is 0 Å². The minimum atomic E-state index is -1.01. The van der Waals surface area contributed by atoms with Crippen LogP contribution >= 0.6 is 11.6 Å². The van der Waals surface area contributed by atoms with Gasteiger partial charge in [-0.05, 0) is 74.7 Å². The number of fused-ring (bicyclic) bond motifs is 1. The zero-order chi connectivity index (χ0) is 31.1. The van der Waals surface area contributed by atoms with Gasteiger partial charge in [-0.15, -0.1) is 0 Å². The topological polar surface area (TPSA) is 111 Å². The summed E-state index contributed by atoms with van der Waals surface area (Å²) in [6, 6.07) is 13.2. The van der Waals surface area contributed by atoms with Gasteiger partial charge in [0.2, 0.25) is 0 Å². The first kappa shape index (κ1) is 33.4. The van der Waals surface area contributed by atoms with Gasteiger partial charge >= 0.3 is 11.8 Å². The lowest BCUT2D eigenvalue weighted by Crippen LogP contribution is -2.36. The minimum Gasteiger partial charge on any atom is -0.493 e. The van der Waals surface area contributed by atoms with Crippen LogP contribution in [0.2, 0.25) is 5.02 Å². The van der Waals surface area contributed by atoms with Crippen LogP contribution in [0.5, 0.6) is 23.0 Å². The van der Waals surface area contributed by atoms with Crippen LogP contribution in [-0.4, -0.2) is 50.1 Å². The Hall–Kier alpha value is -4.48. The van der Waals surface area contributed by atoms with Gasteiger partial charge < -0.3 is 30.2 Å². The van der Waals surface area contributed by atoms with Crippen LogP contribution in [0.4, 0.5) is 14.5 Å². The number of pyridine rings is 1. The predicted octanol–water partition coefficient (Wildman–Crippen LogP) is 6.28. The molecule has 3 aromatic carbocycles. The van der Waals surface area contributed by atoms with Crippen molar-refractivity contribution in [3.8, 4) is 23.0 Å². The highest BCUT2D eigenvalue weighted by Gasteiger charge is 2.19. The third-order valence-electron chi connectivity index (χ3n) is 7.26. The van der Waals surface area contributed by atoms with Crippen LogP contribution in [0.25, 0.3) is 10.9 Å². The molecule has 0 atom stereocenters. The highest BCUT2D eigenvalue weighted by molar-refractivity contribution is 6.39. The van der Waals surface area contributed by atoms with E-state index in [4.69, 9.17) is 25.8 Å². The van der Waals surface area contributed by atoms with E-state index in [-0.39, 0.29) is 42.4 Å². The van der Waals surface area contributed by atoms with E-state index in [1.54, 1.807) is 31.5 Å². The Morgan fingerprint density at radius 1 is 0.978 bits per heavy atom. The molecule has 1 saturated heterocycles. The van der Waals surface area contributed by atoms with Crippen molar-refractivity contribution in [3.05, 3.63) is 83.0 Å². The van der Waals surface area contributed by atoms with E-state index in [2.05, 4.69) is 20.9 Å². The van der Waals surface area contributed by atoms with Gasteiger partial charge in [0, 0.05) is 46.5 Å². The second kappa shape index (κ2) is 15.5. The van der Waals surface area contributed by atoms with Crippen molar-refractivity contribution in [2.24, 2.45) is 5.92 Å². The van der Waals surface area contributed by atoms with E-state index < -0.39 is 23.4 Å². The van der Waals surface area contributed by atoms with Crippen LogP contribution < -0.4 is 30.2 Å². The molecule has 1 fully saturated rings. The summed E-state index contributed by atoms with van der Waals surface area (Å²) in [5.41, 5.74) is 0.856. The number of methoxy groups -OCH3 is 1. The normalized spacial score (nSPS) is 13.1. The number of rotatable bonds is 10. The molecule has 1 aromatic heterocycles. The number of hydrogen-bond donors (Lipinski definition) is 3. The molecular formula is C33H35ClF2N4O5. The van der Waals surface area contributed by atoms with Gasteiger partial charge in [0.05, 0.1) is 19.2 Å². The highest BCUT2D eigenvalue weighted by Crippen LogP contribution is 2.38. The first-order chi connectivity index (χ1) is 21.3. The van der Waals surface area contributed by atoms with Crippen molar-refractivity contribution in [1.82, 2.24) is 15.6 Å². The number of anilines is 1. The molecule has 0 unspecified atom stereocenters. The van der Waals surface area contributed by atoms with Gasteiger partial charge in [-0.3, -0.25) is 14.6 Å². The Kier molecular flexibility index (Phi) is 11.5. The smallest absolute Gasteiger partial charge is 0.313 e. The van der Waals surface area contributed by atoms with Crippen molar-refractivity contribution in [2.45, 2.75) is 26.7 Å². The molecule has 238 valence electrons. The molecule has 0 bridgehead atoms. The van der Waals surface area contributed by atoms with Crippen LogP contribution in [-0.2, 0) is 16.0 Å². The van der Waals surface area contributed by atoms with Crippen molar-refractivity contribution in [3.63, 3.8) is 0 Å². The lowest BCUT2D eigenvalue weighted by atomic mass is 9.99. The fraction of sp³-hybridized carbons (Fsp3) is 0.303. The number of halogens is 3. The van der Waals surface area contributed by atoms with E-state index in [9.17, 15) is 14.0 Å². The third kappa shape index (κ3) is 8.37. The van der Waals surface area contributed by atoms with Crippen molar-refractivity contribution in [2.75, 3.05) is 38.7 Å². The number of benzene rings is 3. The Bertz CT molecular complexity index is 1650. The van der Waals surface area contributed by atoms with Gasteiger partial charge in [-0.2, -0.15) is 0 Å². The van der Waals surface area contributed by atoms with Gasteiger partial charge in [0.15, 0.2) is 23.1 Å². The first-order valence-corrected chi connectivity index (χ1v) is 14.5. The molecule has 12 heteroatoms. The lowest BCUT2D eigenvalue weighted by Gasteiger charge is -2.23. The molecule has 3 N–H and O–H groups in total. The van der Waals surface area contributed by atoms with Crippen molar-refractivity contribution < 1.29 is 32.6 Å². The molecule has 0 radical (unpaired) electrons. The summed E-state index contributed by atoms with van der Waals surface area (Å²) in [7, 11) is 1.54. The van der Waals surface area contributed by atoms with Gasteiger partial charge in [0.25, 0.3) is 0 Å². The zero-order valence-electron chi connectivity index (χ0n) is 23.9. The average molecular weight is 641 g/mol. The number of ether oxygens (including phenoxy) is 3. The summed E-state index contributed by atoms with van der Waals surface area (Å²) in [6.07, 6.45) is 3.72. The van der Waals surface area contributed by atoms with E-state index >= 15 is 4.39 Å². The van der Waals surface area contributed by atoms with Gasteiger partial charge in [0.1, 0.15) is 11.6 Å². The Labute approximate surface area is 265 Å². The maximum absolute atomic E-state index is 15.1. The number of piperidine rings is 1. The molecule has 0 spiro atoms. The number of carbonyl (C=O) groups is 2. The molecule has 4 aromatic rings. The largest absolute Gasteiger partial charge is 0.493 e. The number of nitrogens with one attached hydrogen (secondary N) is 3. The highest BCUT2D eigenvalue weighted by atomic mass is 35.5. The fourth-order valence-electron chi connectivity index (χ4n) is 4.87. The molecule has 0 saturated carbocycles. The number of carbonyl (C=O) groups excluding carboxylic acids is 2. The monoisotopic (exact) mass is 640 g/mol. The quantitative estimate of drug-likeness (QED) is 0.175. The summed E-state index contributed by atoms with van der Waals surface area (Å²) in [5, 5.41) is 8.89. The van der Waals surface area contributed by atoms with Crippen LogP contribution in [0, 0.1) is 17.6 Å². The van der Waals surface area contributed by atoms with Crippen LogP contribution in [0.15, 0.2) is 60.8 Å². The number of amides is 2. The number of hydrogen-bond acceptors (Lipinski definition) is 7. The summed E-state index contributed by atoms with van der Waals surface area (Å²) in [5.74, 6) is -1.50. The number of aromatic nitrogens is 1. The van der Waals surface area contributed by atoms with E-state index in [1.165, 1.54) is 30.3 Å². The van der Waals surface area contributed by atoms with Gasteiger partial charge in [-0.25, -0.2) is 8.78 Å². The van der Waals surface area contributed by atoms with Gasteiger partial charge in [-0.1, -0.05) is 25.1 Å². The second-order valence-corrected chi connectivity index (χ2v) is 10.6. The molecule has 45 heavy (non-hydrogen) atoms. The second-order valence-electron chi connectivity index (χ2n) is 10.2. The molecule has 0 aliphatic carbocycles. The fourth-order valence-corrected chi connectivity index (χ4v) is 5.12. The maximum Gasteiger partial charge on any atom is 0.313 e. The van der Waals surface area contributed by atoms with Crippen LogP contribution in [0.3, 0.4) is 0 Å². The molecule has 2 amide bonds. The third-order valence-corrected chi connectivity index (χ3v) is 7.61. The Morgan fingerprint density at radius 3 is 2.51 bits per heavy atom. The van der Waals surface area contributed by atoms with Crippen molar-refractivity contribution in [1.29, 1.82) is 0 Å². The number of nitrogens with zero attached hydrogens (tertiary/aromatic N) is 1. The summed E-state index contributed by atoms with van der Waals surface area (Å²) < 4.78 is 46.5. The van der Waals surface area contributed by atoms with E-state index in [0.29, 0.717) is 40.7 Å². The SMILES string of the molecule is C.COc1cc2c(Oc3ccc(NC(=O)C(=O)NCCc4c(F)cccc4Cl)cc3F)ccnc2cc1OCC1CCNCC1. The standard InChI is InChI=1S/C32H31ClF2N4O5.CH4/c1-42-29-16-22-26(17-30(29)43-18-19-7-11-36-12-8-19)37-14-10-27(22)44-28-6-5-20(15-25(28)35)39-32(41)31(40)38-13-9-21-23(33)3-2-4-24(21)34;/h2-6,10,14-17,19,36H,7-9,11-13,18H2,1H3,(H,38,40)(H,39,41);1H4. The van der Waals surface area contributed by atoms with Crippen LogP contribution in [0.1, 0.15) is 25.8 Å². The summed E-state index contributed by atoms with van der Waals surface area (Å²) >= 11 is 5.98. The molecular weight excluding hydrogens is 606 g/mol. The average Bonchev–Trinajstić information content (AvgIpc) is 3.02. The molecule has 2 heterocycles. The van der Waals surface area contributed by atoms with E-state index in [0.717, 1.165) is 32.0 Å². The molecule has 9 nitrogen and oxygen atoms in total. The first-order valence-electron chi connectivity index (χ1n) is 14.1. The zero-order valence-corrected chi connectivity index (χ0v) is 24.7.